The van der Waals surface area contributed by atoms with E-state index in [2.05, 4.69) is 4.98 Å². The van der Waals surface area contributed by atoms with Crippen LogP contribution >= 0.6 is 11.6 Å². The maximum absolute atomic E-state index is 12.5. The minimum absolute atomic E-state index is 0.0530. The van der Waals surface area contributed by atoms with Gasteiger partial charge in [-0.3, -0.25) is 0 Å². The van der Waals surface area contributed by atoms with E-state index in [1.807, 2.05) is 12.1 Å². The molecule has 0 bridgehead atoms. The van der Waals surface area contributed by atoms with E-state index in [-0.39, 0.29) is 24.5 Å². The van der Waals surface area contributed by atoms with Crippen LogP contribution in [0.5, 0.6) is 5.75 Å². The predicted molar refractivity (Wildman–Crippen MR) is 109 cm³/mol. The van der Waals surface area contributed by atoms with Gasteiger partial charge < -0.3 is 14.2 Å². The summed E-state index contributed by atoms with van der Waals surface area (Å²) in [6, 6.07) is 13.9. The van der Waals surface area contributed by atoms with Gasteiger partial charge in [0.2, 0.25) is 0 Å². The maximum Gasteiger partial charge on any atom is 0.356 e. The number of carbonyl (C=O) groups is 2. The Kier molecular flexibility index (Phi) is 6.67. The third-order valence-corrected chi connectivity index (χ3v) is 4.33. The highest BCUT2D eigenvalue weighted by atomic mass is 35.5. The summed E-state index contributed by atoms with van der Waals surface area (Å²) in [5.41, 5.74) is 1.71. The van der Waals surface area contributed by atoms with E-state index >= 15 is 0 Å². The van der Waals surface area contributed by atoms with Crippen molar-refractivity contribution in [3.8, 4) is 5.75 Å². The van der Waals surface area contributed by atoms with Crippen molar-refractivity contribution in [2.75, 3.05) is 13.2 Å². The van der Waals surface area contributed by atoms with Crippen LogP contribution in [0.15, 0.2) is 48.5 Å². The molecule has 6 nitrogen and oxygen atoms in total. The van der Waals surface area contributed by atoms with Gasteiger partial charge in [-0.1, -0.05) is 23.7 Å². The number of rotatable bonds is 7. The van der Waals surface area contributed by atoms with Crippen LogP contribution < -0.4 is 4.74 Å². The highest BCUT2D eigenvalue weighted by Crippen LogP contribution is 2.26. The van der Waals surface area contributed by atoms with Gasteiger partial charge in [-0.2, -0.15) is 0 Å². The Morgan fingerprint density at radius 1 is 0.931 bits per heavy atom. The van der Waals surface area contributed by atoms with Gasteiger partial charge in [0.05, 0.1) is 24.3 Å². The van der Waals surface area contributed by atoms with Crippen molar-refractivity contribution in [2.45, 2.75) is 20.5 Å². The van der Waals surface area contributed by atoms with Crippen molar-refractivity contribution in [2.24, 2.45) is 0 Å². The molecule has 0 N–H and O–H groups in total. The van der Waals surface area contributed by atoms with Crippen LogP contribution in [0.2, 0.25) is 5.02 Å². The minimum Gasteiger partial charge on any atom is -0.489 e. The molecular formula is C22H20ClNO5. The van der Waals surface area contributed by atoms with Crippen LogP contribution in [0.25, 0.3) is 10.9 Å². The molecule has 7 heteroatoms. The van der Waals surface area contributed by atoms with E-state index in [4.69, 9.17) is 25.8 Å². The van der Waals surface area contributed by atoms with Crippen molar-refractivity contribution < 1.29 is 23.8 Å². The Morgan fingerprint density at radius 2 is 1.62 bits per heavy atom. The Balaban J connectivity index is 1.95. The quantitative estimate of drug-likeness (QED) is 0.517. The first kappa shape index (κ1) is 20.6. The van der Waals surface area contributed by atoms with E-state index in [0.717, 1.165) is 5.56 Å². The Morgan fingerprint density at radius 3 is 2.31 bits per heavy atom. The molecule has 0 saturated heterocycles. The summed E-state index contributed by atoms with van der Waals surface area (Å²) in [6.45, 7) is 4.18. The summed E-state index contributed by atoms with van der Waals surface area (Å²) in [6.07, 6.45) is 0. The van der Waals surface area contributed by atoms with E-state index in [1.165, 1.54) is 6.07 Å². The van der Waals surface area contributed by atoms with Crippen molar-refractivity contribution in [1.82, 2.24) is 4.98 Å². The third-order valence-electron chi connectivity index (χ3n) is 4.08. The molecule has 0 unspecified atom stereocenters. The van der Waals surface area contributed by atoms with Gasteiger partial charge >= 0.3 is 11.9 Å². The fraction of sp³-hybridized carbons (Fsp3) is 0.227. The summed E-state index contributed by atoms with van der Waals surface area (Å²) in [4.78, 5) is 28.9. The second kappa shape index (κ2) is 9.39. The second-order valence-electron chi connectivity index (χ2n) is 6.09. The van der Waals surface area contributed by atoms with E-state index in [1.54, 1.807) is 44.2 Å². The minimum atomic E-state index is -0.594. The van der Waals surface area contributed by atoms with Gasteiger partial charge in [-0.15, -0.1) is 0 Å². The van der Waals surface area contributed by atoms with Crippen molar-refractivity contribution in [1.29, 1.82) is 0 Å². The molecule has 0 saturated carbocycles. The van der Waals surface area contributed by atoms with Gasteiger partial charge in [-0.05, 0) is 55.8 Å². The normalized spacial score (nSPS) is 10.6. The SMILES string of the molecule is CCOC(=O)c1cc(C(=O)OCC)c2cc(OCc3ccc(Cl)cc3)ccc2n1. The van der Waals surface area contributed by atoms with Crippen LogP contribution in [0.1, 0.15) is 40.3 Å². The Bertz CT molecular complexity index is 1030. The van der Waals surface area contributed by atoms with Gasteiger partial charge in [0.1, 0.15) is 18.1 Å². The first-order valence-electron chi connectivity index (χ1n) is 9.18. The number of fused-ring (bicyclic) bond motifs is 1. The molecule has 3 aromatic rings. The van der Waals surface area contributed by atoms with E-state index < -0.39 is 11.9 Å². The number of aromatic nitrogens is 1. The fourth-order valence-corrected chi connectivity index (χ4v) is 2.86. The van der Waals surface area contributed by atoms with E-state index in [0.29, 0.717) is 28.3 Å². The first-order valence-corrected chi connectivity index (χ1v) is 9.56. The molecule has 0 fully saturated rings. The molecule has 150 valence electrons. The predicted octanol–water partition coefficient (Wildman–Crippen LogP) is 4.82. The van der Waals surface area contributed by atoms with Gasteiger partial charge in [0, 0.05) is 10.4 Å². The highest BCUT2D eigenvalue weighted by Gasteiger charge is 2.19. The highest BCUT2D eigenvalue weighted by molar-refractivity contribution is 6.30. The summed E-state index contributed by atoms with van der Waals surface area (Å²) in [5.74, 6) is -0.577. The van der Waals surface area contributed by atoms with Gasteiger partial charge in [-0.25, -0.2) is 14.6 Å². The molecule has 2 aromatic carbocycles. The number of pyridine rings is 1. The number of esters is 2. The monoisotopic (exact) mass is 413 g/mol. The lowest BCUT2D eigenvalue weighted by molar-refractivity contribution is 0.0519. The summed E-state index contributed by atoms with van der Waals surface area (Å²) in [5, 5.41) is 1.19. The zero-order chi connectivity index (χ0) is 20.8. The molecule has 0 atom stereocenters. The number of benzene rings is 2. The lowest BCUT2D eigenvalue weighted by atomic mass is 10.1. The lowest BCUT2D eigenvalue weighted by Gasteiger charge is -2.11. The molecule has 29 heavy (non-hydrogen) atoms. The average molecular weight is 414 g/mol. The van der Waals surface area contributed by atoms with Crippen molar-refractivity contribution >= 4 is 34.4 Å². The summed E-state index contributed by atoms with van der Waals surface area (Å²) < 4.78 is 16.0. The van der Waals surface area contributed by atoms with Crippen LogP contribution in [0.4, 0.5) is 0 Å². The standard InChI is InChI=1S/C22H20ClNO5/c1-3-27-21(25)18-12-20(22(26)28-4-2)24-19-10-9-16(11-17(18)19)29-13-14-5-7-15(23)8-6-14/h5-12H,3-4,13H2,1-2H3. The van der Waals surface area contributed by atoms with Crippen LogP contribution in [-0.4, -0.2) is 30.1 Å². The summed E-state index contributed by atoms with van der Waals surface area (Å²) >= 11 is 5.90. The van der Waals surface area contributed by atoms with Crippen molar-refractivity contribution in [3.05, 3.63) is 70.4 Å². The maximum atomic E-state index is 12.5. The molecule has 1 aromatic heterocycles. The number of nitrogens with zero attached hydrogens (tertiary/aromatic N) is 1. The largest absolute Gasteiger partial charge is 0.489 e. The molecule has 3 rings (SSSR count). The summed E-state index contributed by atoms with van der Waals surface area (Å²) in [7, 11) is 0. The topological polar surface area (TPSA) is 74.7 Å². The molecule has 1 heterocycles. The van der Waals surface area contributed by atoms with E-state index in [9.17, 15) is 9.59 Å². The fourth-order valence-electron chi connectivity index (χ4n) is 2.73. The van der Waals surface area contributed by atoms with Gasteiger partial charge in [0.15, 0.2) is 0 Å². The molecular weight excluding hydrogens is 394 g/mol. The van der Waals surface area contributed by atoms with Crippen LogP contribution in [0.3, 0.4) is 0 Å². The molecule has 0 aliphatic heterocycles. The van der Waals surface area contributed by atoms with Crippen LogP contribution in [0, 0.1) is 0 Å². The number of carbonyl (C=O) groups excluding carboxylic acids is 2. The average Bonchev–Trinajstić information content (AvgIpc) is 2.72. The lowest BCUT2D eigenvalue weighted by Crippen LogP contribution is -2.12. The molecule has 0 aliphatic carbocycles. The number of hydrogen-bond donors (Lipinski definition) is 0. The molecule has 0 aliphatic rings. The van der Waals surface area contributed by atoms with Gasteiger partial charge in [0.25, 0.3) is 0 Å². The zero-order valence-corrected chi connectivity index (χ0v) is 16.9. The van der Waals surface area contributed by atoms with Crippen molar-refractivity contribution in [3.63, 3.8) is 0 Å². The Labute approximate surface area is 173 Å². The molecule has 0 spiro atoms. The number of ether oxygens (including phenoxy) is 3. The Hall–Kier alpha value is -3.12. The first-order chi connectivity index (χ1) is 14.0. The zero-order valence-electron chi connectivity index (χ0n) is 16.1. The van der Waals surface area contributed by atoms with Crippen LogP contribution in [-0.2, 0) is 16.1 Å². The third kappa shape index (κ3) is 5.03. The molecule has 0 radical (unpaired) electrons. The molecule has 0 amide bonds. The smallest absolute Gasteiger partial charge is 0.356 e. The number of hydrogen-bond acceptors (Lipinski definition) is 6. The second-order valence-corrected chi connectivity index (χ2v) is 6.53. The number of halogens is 1.